The fourth-order valence-electron chi connectivity index (χ4n) is 2.02. The topological polar surface area (TPSA) is 66.5 Å². The van der Waals surface area contributed by atoms with Gasteiger partial charge in [0.25, 0.3) is 0 Å². The molecule has 0 unspecified atom stereocenters. The Hall–Kier alpha value is -2.32. The van der Waals surface area contributed by atoms with Gasteiger partial charge in [0.15, 0.2) is 0 Å². The lowest BCUT2D eigenvalue weighted by Crippen LogP contribution is -2.37. The molecule has 0 saturated heterocycles. The molecule has 2 rings (SSSR count). The number of benzene rings is 2. The summed E-state index contributed by atoms with van der Waals surface area (Å²) in [6.07, 6.45) is 0. The Morgan fingerprint density at radius 2 is 1.50 bits per heavy atom. The van der Waals surface area contributed by atoms with Crippen LogP contribution in [-0.4, -0.2) is 31.7 Å². The quantitative estimate of drug-likeness (QED) is 0.867. The van der Waals surface area contributed by atoms with Crippen molar-refractivity contribution in [1.82, 2.24) is 4.31 Å². The second kappa shape index (κ2) is 7.50. The van der Waals surface area contributed by atoms with Crippen LogP contribution in [0.3, 0.4) is 0 Å². The number of carbonyl (C=O) groups excluding carboxylic acids is 1. The van der Waals surface area contributed by atoms with E-state index in [1.165, 1.54) is 24.3 Å². The molecule has 128 valence electrons. The Morgan fingerprint density at radius 1 is 1.00 bits per heavy atom. The predicted molar refractivity (Wildman–Crippen MR) is 85.9 cm³/mol. The normalized spacial score (nSPS) is 11.5. The zero-order chi connectivity index (χ0) is 17.7. The van der Waals surface area contributed by atoms with Crippen molar-refractivity contribution in [1.29, 1.82) is 0 Å². The van der Waals surface area contributed by atoms with Gasteiger partial charge in [-0.1, -0.05) is 6.92 Å². The van der Waals surface area contributed by atoms with Gasteiger partial charge >= 0.3 is 0 Å². The van der Waals surface area contributed by atoms with E-state index < -0.39 is 34.1 Å². The van der Waals surface area contributed by atoms with Gasteiger partial charge in [-0.15, -0.1) is 0 Å². The molecule has 0 saturated carbocycles. The van der Waals surface area contributed by atoms with Crippen LogP contribution >= 0.6 is 0 Å². The second-order valence-electron chi connectivity index (χ2n) is 4.94. The summed E-state index contributed by atoms with van der Waals surface area (Å²) in [5.74, 6) is -1.55. The highest BCUT2D eigenvalue weighted by Gasteiger charge is 2.25. The first-order valence-electron chi connectivity index (χ1n) is 7.14. The third kappa shape index (κ3) is 4.36. The summed E-state index contributed by atoms with van der Waals surface area (Å²) in [6, 6.07) is 9.48. The van der Waals surface area contributed by atoms with Gasteiger partial charge in [0.2, 0.25) is 15.9 Å². The van der Waals surface area contributed by atoms with Crippen LogP contribution in [0, 0.1) is 11.6 Å². The average molecular weight is 354 g/mol. The van der Waals surface area contributed by atoms with E-state index >= 15 is 0 Å². The van der Waals surface area contributed by atoms with E-state index in [9.17, 15) is 22.0 Å². The number of halogens is 2. The van der Waals surface area contributed by atoms with E-state index in [1.807, 2.05) is 0 Å². The second-order valence-corrected chi connectivity index (χ2v) is 6.88. The number of sulfonamides is 1. The van der Waals surface area contributed by atoms with Crippen LogP contribution in [0.1, 0.15) is 6.92 Å². The van der Waals surface area contributed by atoms with Crippen molar-refractivity contribution in [2.45, 2.75) is 11.8 Å². The summed E-state index contributed by atoms with van der Waals surface area (Å²) < 4.78 is 51.7. The minimum Gasteiger partial charge on any atom is -0.325 e. The van der Waals surface area contributed by atoms with E-state index in [0.29, 0.717) is 5.69 Å². The summed E-state index contributed by atoms with van der Waals surface area (Å²) in [7, 11) is -3.92. The zero-order valence-corrected chi connectivity index (χ0v) is 13.7. The standard InChI is InChI=1S/C16H16F2N2O3S/c1-2-20(24(22,23)15-9-5-13(18)6-10-15)11-16(21)19-14-7-3-12(17)4-8-14/h3-10H,2,11H2,1H3,(H,19,21). The molecule has 8 heteroatoms. The van der Waals surface area contributed by atoms with Gasteiger partial charge in [-0.25, -0.2) is 17.2 Å². The van der Waals surface area contributed by atoms with Crippen molar-refractivity contribution in [3.63, 3.8) is 0 Å². The molecule has 0 aliphatic rings. The van der Waals surface area contributed by atoms with Crippen molar-refractivity contribution in [3.05, 3.63) is 60.2 Å². The molecule has 1 amide bonds. The van der Waals surface area contributed by atoms with Crippen LogP contribution in [-0.2, 0) is 14.8 Å². The molecule has 24 heavy (non-hydrogen) atoms. The molecule has 0 aromatic heterocycles. The number of nitrogens with one attached hydrogen (secondary N) is 1. The maximum Gasteiger partial charge on any atom is 0.243 e. The number of rotatable bonds is 6. The first-order chi connectivity index (χ1) is 11.3. The number of hydrogen-bond acceptors (Lipinski definition) is 3. The number of likely N-dealkylation sites (N-methyl/N-ethyl adjacent to an activating group) is 1. The van der Waals surface area contributed by atoms with Gasteiger partial charge in [-0.05, 0) is 48.5 Å². The Kier molecular flexibility index (Phi) is 5.63. The van der Waals surface area contributed by atoms with Gasteiger partial charge < -0.3 is 5.32 Å². The Balaban J connectivity index is 2.11. The number of amides is 1. The van der Waals surface area contributed by atoms with Gasteiger partial charge in [0.1, 0.15) is 11.6 Å². The molecule has 0 bridgehead atoms. The molecule has 0 aliphatic carbocycles. The van der Waals surface area contributed by atoms with Crippen LogP contribution < -0.4 is 5.32 Å². The number of hydrogen-bond donors (Lipinski definition) is 1. The summed E-state index contributed by atoms with van der Waals surface area (Å²) in [6.45, 7) is 1.25. The van der Waals surface area contributed by atoms with E-state index in [1.54, 1.807) is 6.92 Å². The van der Waals surface area contributed by atoms with Crippen molar-refractivity contribution in [2.75, 3.05) is 18.4 Å². The molecule has 0 fully saturated rings. The minimum atomic E-state index is -3.92. The maximum absolute atomic E-state index is 12.9. The van der Waals surface area contributed by atoms with E-state index in [0.717, 1.165) is 28.6 Å². The van der Waals surface area contributed by atoms with Gasteiger partial charge in [-0.2, -0.15) is 4.31 Å². The molecule has 0 atom stereocenters. The Labute approximate surface area is 139 Å². The minimum absolute atomic E-state index is 0.0660. The third-order valence-corrected chi connectivity index (χ3v) is 5.19. The number of nitrogens with zero attached hydrogens (tertiary/aromatic N) is 1. The lowest BCUT2D eigenvalue weighted by atomic mass is 10.3. The number of anilines is 1. The summed E-state index contributed by atoms with van der Waals surface area (Å²) in [4.78, 5) is 11.9. The van der Waals surface area contributed by atoms with Crippen molar-refractivity contribution in [3.8, 4) is 0 Å². The van der Waals surface area contributed by atoms with Crippen molar-refractivity contribution >= 4 is 21.6 Å². The molecular formula is C16H16F2N2O3S. The Bertz CT molecular complexity index is 806. The highest BCUT2D eigenvalue weighted by molar-refractivity contribution is 7.89. The third-order valence-electron chi connectivity index (χ3n) is 3.25. The predicted octanol–water partition coefficient (Wildman–Crippen LogP) is 2.61. The SMILES string of the molecule is CCN(CC(=O)Nc1ccc(F)cc1)S(=O)(=O)c1ccc(F)cc1. The van der Waals surface area contributed by atoms with E-state index in [2.05, 4.69) is 5.32 Å². The number of carbonyl (C=O) groups is 1. The van der Waals surface area contributed by atoms with Crippen LogP contribution in [0.2, 0.25) is 0 Å². The van der Waals surface area contributed by atoms with Crippen LogP contribution in [0.25, 0.3) is 0 Å². The maximum atomic E-state index is 12.9. The summed E-state index contributed by atoms with van der Waals surface area (Å²) in [5.41, 5.74) is 0.358. The highest BCUT2D eigenvalue weighted by Crippen LogP contribution is 2.16. The largest absolute Gasteiger partial charge is 0.325 e. The fourth-order valence-corrected chi connectivity index (χ4v) is 3.42. The highest BCUT2D eigenvalue weighted by atomic mass is 32.2. The molecule has 0 spiro atoms. The monoisotopic (exact) mass is 354 g/mol. The molecule has 1 N–H and O–H groups in total. The molecule has 0 aliphatic heterocycles. The smallest absolute Gasteiger partial charge is 0.243 e. The fraction of sp³-hybridized carbons (Fsp3) is 0.188. The van der Waals surface area contributed by atoms with Crippen molar-refractivity contribution in [2.24, 2.45) is 0 Å². The Morgan fingerprint density at radius 3 is 2.00 bits per heavy atom. The lowest BCUT2D eigenvalue weighted by molar-refractivity contribution is -0.116. The van der Waals surface area contributed by atoms with E-state index in [4.69, 9.17) is 0 Å². The van der Waals surface area contributed by atoms with Crippen LogP contribution in [0.15, 0.2) is 53.4 Å². The van der Waals surface area contributed by atoms with E-state index in [-0.39, 0.29) is 11.4 Å². The first-order valence-corrected chi connectivity index (χ1v) is 8.58. The molecule has 5 nitrogen and oxygen atoms in total. The van der Waals surface area contributed by atoms with Gasteiger partial charge in [0.05, 0.1) is 11.4 Å². The lowest BCUT2D eigenvalue weighted by Gasteiger charge is -2.20. The summed E-state index contributed by atoms with van der Waals surface area (Å²) in [5, 5.41) is 2.49. The van der Waals surface area contributed by atoms with Gasteiger partial charge in [0, 0.05) is 12.2 Å². The average Bonchev–Trinajstić information content (AvgIpc) is 2.55. The van der Waals surface area contributed by atoms with Gasteiger partial charge in [-0.3, -0.25) is 4.79 Å². The zero-order valence-electron chi connectivity index (χ0n) is 12.9. The molecule has 0 radical (unpaired) electrons. The molecule has 2 aromatic rings. The first kappa shape index (κ1) is 18.0. The van der Waals surface area contributed by atoms with Crippen molar-refractivity contribution < 1.29 is 22.0 Å². The van der Waals surface area contributed by atoms with Crippen LogP contribution in [0.4, 0.5) is 14.5 Å². The molecule has 2 aromatic carbocycles. The van der Waals surface area contributed by atoms with Crippen LogP contribution in [0.5, 0.6) is 0 Å². The molecular weight excluding hydrogens is 338 g/mol. The summed E-state index contributed by atoms with van der Waals surface area (Å²) >= 11 is 0. The molecule has 0 heterocycles.